The Bertz CT molecular complexity index is 1680. The number of hydrogen-bond donors (Lipinski definition) is 2. The average Bonchev–Trinajstić information content (AvgIpc) is 3.05. The van der Waals surface area contributed by atoms with E-state index in [0.29, 0.717) is 28.6 Å². The molecule has 1 spiro atoms. The number of aromatic nitrogens is 2. The van der Waals surface area contributed by atoms with Crippen LogP contribution in [-0.4, -0.2) is 83.8 Å². The molecule has 1 unspecified atom stereocenters. The van der Waals surface area contributed by atoms with E-state index in [1.807, 2.05) is 0 Å². The van der Waals surface area contributed by atoms with Gasteiger partial charge in [0.2, 0.25) is 11.8 Å². The van der Waals surface area contributed by atoms with Crippen LogP contribution >= 0.6 is 15.9 Å². The lowest BCUT2D eigenvalue weighted by Crippen LogP contribution is -2.59. The van der Waals surface area contributed by atoms with E-state index in [4.69, 9.17) is 0 Å². The largest absolute Gasteiger partial charge is 0.379 e. The SMILES string of the molecule is CN1C[C@@H](Nc2cnn(C)c(=O)c2Br)C[C@@H](c2ccc(CN3CC4(CCN(c5ccc(C6CCC(=O)NC6=O)cc5)CC4)C3)cc2)C1. The lowest BCUT2D eigenvalue weighted by atomic mass is 9.71. The Hall–Kier alpha value is -3.54. The minimum absolute atomic E-state index is 0.138. The van der Waals surface area contributed by atoms with Gasteiger partial charge in [0, 0.05) is 71.0 Å². The van der Waals surface area contributed by atoms with Crippen molar-refractivity contribution in [3.8, 4) is 0 Å². The number of hydrogen-bond acceptors (Lipinski definition) is 8. The molecule has 0 aliphatic carbocycles. The fourth-order valence-corrected chi connectivity index (χ4v) is 8.62. The summed E-state index contributed by atoms with van der Waals surface area (Å²) in [5.41, 5.74) is 5.98. The lowest BCUT2D eigenvalue weighted by molar-refractivity contribution is -0.134. The number of imide groups is 1. The summed E-state index contributed by atoms with van der Waals surface area (Å²) in [6.07, 6.45) is 6.12. The zero-order valence-corrected chi connectivity index (χ0v) is 28.8. The lowest BCUT2D eigenvalue weighted by Gasteiger charge is -2.54. The van der Waals surface area contributed by atoms with Gasteiger partial charge < -0.3 is 15.1 Å². The van der Waals surface area contributed by atoms with Crippen molar-refractivity contribution in [3.63, 3.8) is 0 Å². The van der Waals surface area contributed by atoms with E-state index in [-0.39, 0.29) is 29.3 Å². The molecular weight excluding hydrogens is 658 g/mol. The molecule has 1 aromatic heterocycles. The summed E-state index contributed by atoms with van der Waals surface area (Å²) in [7, 11) is 3.82. The first-order chi connectivity index (χ1) is 22.6. The van der Waals surface area contributed by atoms with Crippen molar-refractivity contribution in [3.05, 3.63) is 86.2 Å². The number of carbonyl (C=O) groups excluding carboxylic acids is 2. The van der Waals surface area contributed by atoms with Crippen LogP contribution in [-0.2, 0) is 23.2 Å². The summed E-state index contributed by atoms with van der Waals surface area (Å²) in [6.45, 7) is 7.35. The highest BCUT2D eigenvalue weighted by Gasteiger charge is 2.44. The van der Waals surface area contributed by atoms with Crippen molar-refractivity contribution in [1.29, 1.82) is 0 Å². The number of carbonyl (C=O) groups is 2. The van der Waals surface area contributed by atoms with Crippen LogP contribution in [0.1, 0.15) is 60.6 Å². The van der Waals surface area contributed by atoms with Crippen LogP contribution < -0.4 is 21.1 Å². The van der Waals surface area contributed by atoms with Crippen LogP contribution in [0.2, 0.25) is 0 Å². The third-order valence-electron chi connectivity index (χ3n) is 10.8. The summed E-state index contributed by atoms with van der Waals surface area (Å²) in [5, 5.41) is 10.2. The molecule has 3 aromatic rings. The molecular formula is C36H44BrN7O3. The standard InChI is InChI=1S/C36H44BrN7O3/c1-41-20-27(17-28(21-41)39-31-18-38-42(2)35(47)33(31)37)25-5-3-24(4-6-25)19-43-22-36(23-43)13-15-44(16-14-36)29-9-7-26(8-10-29)30-11-12-32(45)40-34(30)46/h3-10,18,27-28,30,39H,11-17,19-23H2,1-2H3,(H,40,45,46)/t27-,28+,30?/m1/s1. The van der Waals surface area contributed by atoms with E-state index in [9.17, 15) is 14.4 Å². The highest BCUT2D eigenvalue weighted by molar-refractivity contribution is 9.10. The molecule has 4 aliphatic heterocycles. The van der Waals surface area contributed by atoms with Gasteiger partial charge >= 0.3 is 0 Å². The number of nitrogens with zero attached hydrogens (tertiary/aromatic N) is 5. The Morgan fingerprint density at radius 2 is 1.66 bits per heavy atom. The topological polar surface area (TPSA) is 103 Å². The Kier molecular flexibility index (Phi) is 8.97. The van der Waals surface area contributed by atoms with Gasteiger partial charge in [-0.3, -0.25) is 24.6 Å². The number of likely N-dealkylation sites (tertiary alicyclic amines) is 2. The van der Waals surface area contributed by atoms with Gasteiger partial charge in [-0.1, -0.05) is 36.4 Å². The molecule has 3 atom stereocenters. The first-order valence-corrected chi connectivity index (χ1v) is 17.6. The zero-order valence-electron chi connectivity index (χ0n) is 27.3. The first kappa shape index (κ1) is 32.0. The number of amides is 2. The fraction of sp³-hybridized carbons (Fsp3) is 0.500. The highest BCUT2D eigenvalue weighted by atomic mass is 79.9. The number of aryl methyl sites for hydroxylation is 1. The first-order valence-electron chi connectivity index (χ1n) is 16.8. The van der Waals surface area contributed by atoms with E-state index in [2.05, 4.69) is 102 Å². The Balaban J connectivity index is 0.882. The number of halogens is 1. The molecule has 0 saturated carbocycles. The average molecular weight is 703 g/mol. The van der Waals surface area contributed by atoms with E-state index >= 15 is 0 Å². The molecule has 0 bridgehead atoms. The van der Waals surface area contributed by atoms with Crippen LogP contribution in [0.3, 0.4) is 0 Å². The van der Waals surface area contributed by atoms with Gasteiger partial charge in [-0.2, -0.15) is 5.10 Å². The van der Waals surface area contributed by atoms with Gasteiger partial charge in [-0.05, 0) is 88.8 Å². The van der Waals surface area contributed by atoms with Gasteiger partial charge in [0.25, 0.3) is 5.56 Å². The normalized spacial score (nSPS) is 25.0. The summed E-state index contributed by atoms with van der Waals surface area (Å²) in [4.78, 5) is 43.5. The maximum Gasteiger partial charge on any atom is 0.282 e. The molecule has 47 heavy (non-hydrogen) atoms. The van der Waals surface area contributed by atoms with Gasteiger partial charge in [-0.15, -0.1) is 0 Å². The Morgan fingerprint density at radius 3 is 2.36 bits per heavy atom. The molecule has 11 heteroatoms. The summed E-state index contributed by atoms with van der Waals surface area (Å²) in [6, 6.07) is 17.9. The maximum atomic E-state index is 12.3. The molecule has 4 aliphatic rings. The minimum Gasteiger partial charge on any atom is -0.379 e. The monoisotopic (exact) mass is 701 g/mol. The Labute approximate surface area is 284 Å². The molecule has 2 aromatic carbocycles. The second-order valence-electron chi connectivity index (χ2n) is 14.3. The summed E-state index contributed by atoms with van der Waals surface area (Å²) < 4.78 is 1.87. The predicted octanol–water partition coefficient (Wildman–Crippen LogP) is 4.07. The molecule has 10 nitrogen and oxygen atoms in total. The quantitative estimate of drug-likeness (QED) is 0.356. The Morgan fingerprint density at radius 1 is 0.957 bits per heavy atom. The molecule has 5 heterocycles. The van der Waals surface area contributed by atoms with Crippen LogP contribution in [0, 0.1) is 5.41 Å². The fourth-order valence-electron chi connectivity index (χ4n) is 8.15. The van der Waals surface area contributed by atoms with Crippen molar-refractivity contribution in [2.24, 2.45) is 12.5 Å². The van der Waals surface area contributed by atoms with Gasteiger partial charge in [0.05, 0.1) is 17.8 Å². The van der Waals surface area contributed by atoms with E-state index in [1.165, 1.54) is 34.3 Å². The predicted molar refractivity (Wildman–Crippen MR) is 187 cm³/mol. The molecule has 248 valence electrons. The molecule has 7 rings (SSSR count). The van der Waals surface area contributed by atoms with Crippen LogP contribution in [0.15, 0.2) is 64.0 Å². The number of piperidine rings is 3. The smallest absolute Gasteiger partial charge is 0.282 e. The highest BCUT2D eigenvalue weighted by Crippen LogP contribution is 2.42. The van der Waals surface area contributed by atoms with E-state index in [0.717, 1.165) is 63.5 Å². The zero-order chi connectivity index (χ0) is 32.7. The van der Waals surface area contributed by atoms with E-state index in [1.54, 1.807) is 13.2 Å². The third-order valence-corrected chi connectivity index (χ3v) is 11.5. The molecule has 4 fully saturated rings. The number of anilines is 2. The third kappa shape index (κ3) is 6.89. The second-order valence-corrected chi connectivity index (χ2v) is 15.1. The number of benzene rings is 2. The number of rotatable bonds is 7. The van der Waals surface area contributed by atoms with E-state index < -0.39 is 0 Å². The minimum atomic E-state index is -0.230. The van der Waals surface area contributed by atoms with Crippen molar-refractivity contribution in [1.82, 2.24) is 24.9 Å². The summed E-state index contributed by atoms with van der Waals surface area (Å²) in [5.74, 6) is -0.156. The van der Waals surface area contributed by atoms with Crippen LogP contribution in [0.4, 0.5) is 11.4 Å². The van der Waals surface area contributed by atoms with Crippen LogP contribution in [0.5, 0.6) is 0 Å². The van der Waals surface area contributed by atoms with Gasteiger partial charge in [-0.25, -0.2) is 4.68 Å². The van der Waals surface area contributed by atoms with Crippen molar-refractivity contribution < 1.29 is 9.59 Å². The second kappa shape index (κ2) is 13.2. The maximum absolute atomic E-state index is 12.3. The van der Waals surface area contributed by atoms with Crippen molar-refractivity contribution in [2.75, 3.05) is 56.5 Å². The van der Waals surface area contributed by atoms with Gasteiger partial charge in [0.1, 0.15) is 4.47 Å². The molecule has 2 amide bonds. The van der Waals surface area contributed by atoms with Crippen molar-refractivity contribution in [2.45, 2.75) is 56.5 Å². The number of nitrogens with one attached hydrogen (secondary N) is 2. The molecule has 2 N–H and O–H groups in total. The van der Waals surface area contributed by atoms with Crippen molar-refractivity contribution >= 4 is 39.1 Å². The van der Waals surface area contributed by atoms with Crippen LogP contribution in [0.25, 0.3) is 0 Å². The summed E-state index contributed by atoms with van der Waals surface area (Å²) >= 11 is 3.45. The molecule has 4 saturated heterocycles. The number of likely N-dealkylation sites (N-methyl/N-ethyl adjacent to an activating group) is 1. The molecule has 0 radical (unpaired) electrons. The van der Waals surface area contributed by atoms with Gasteiger partial charge in [0.15, 0.2) is 0 Å².